The summed E-state index contributed by atoms with van der Waals surface area (Å²) in [5, 5.41) is 3.10. The van der Waals surface area contributed by atoms with Gasteiger partial charge in [-0.3, -0.25) is 4.79 Å². The average Bonchev–Trinajstić information content (AvgIpc) is 3.00. The standard InChI is InChI=1S/C22H28N2O2/c1-22(13-14-24(2)17-22)16-23-21(25)19-10-6-7-11-20(19)26-15-12-18-8-4-3-5-9-18/h3-11H,12-17H2,1-2H3,(H,23,25). The van der Waals surface area contributed by atoms with Gasteiger partial charge in [0.25, 0.3) is 5.91 Å². The molecule has 1 aliphatic rings. The van der Waals surface area contributed by atoms with E-state index in [9.17, 15) is 4.79 Å². The van der Waals surface area contributed by atoms with Crippen molar-refractivity contribution in [2.24, 2.45) is 5.41 Å². The summed E-state index contributed by atoms with van der Waals surface area (Å²) in [6, 6.07) is 17.7. The first kappa shape index (κ1) is 18.5. The Morgan fingerprint density at radius 2 is 1.88 bits per heavy atom. The fourth-order valence-electron chi connectivity index (χ4n) is 3.51. The highest BCUT2D eigenvalue weighted by Gasteiger charge is 2.32. The van der Waals surface area contributed by atoms with Crippen molar-refractivity contribution in [1.82, 2.24) is 10.2 Å². The van der Waals surface area contributed by atoms with Crippen LogP contribution in [0.2, 0.25) is 0 Å². The van der Waals surface area contributed by atoms with Crippen LogP contribution in [0.5, 0.6) is 5.75 Å². The molecule has 1 saturated heterocycles. The van der Waals surface area contributed by atoms with Crippen LogP contribution < -0.4 is 10.1 Å². The van der Waals surface area contributed by atoms with Crippen LogP contribution >= 0.6 is 0 Å². The fourth-order valence-corrected chi connectivity index (χ4v) is 3.51. The molecule has 1 atom stereocenters. The molecule has 0 spiro atoms. The number of nitrogens with one attached hydrogen (secondary N) is 1. The number of hydrogen-bond donors (Lipinski definition) is 1. The molecule has 2 aromatic rings. The third-order valence-corrected chi connectivity index (χ3v) is 5.05. The Balaban J connectivity index is 1.56. The third-order valence-electron chi connectivity index (χ3n) is 5.05. The van der Waals surface area contributed by atoms with Gasteiger partial charge >= 0.3 is 0 Å². The minimum Gasteiger partial charge on any atom is -0.492 e. The quantitative estimate of drug-likeness (QED) is 0.831. The van der Waals surface area contributed by atoms with Gasteiger partial charge in [-0.25, -0.2) is 0 Å². The molecule has 1 fully saturated rings. The van der Waals surface area contributed by atoms with E-state index in [4.69, 9.17) is 4.74 Å². The Kier molecular flexibility index (Phi) is 5.94. The van der Waals surface area contributed by atoms with Gasteiger partial charge < -0.3 is 15.0 Å². The van der Waals surface area contributed by atoms with Crippen LogP contribution in [-0.4, -0.2) is 44.1 Å². The van der Waals surface area contributed by atoms with E-state index >= 15 is 0 Å². The molecule has 1 N–H and O–H groups in total. The third kappa shape index (κ3) is 4.85. The van der Waals surface area contributed by atoms with Gasteiger partial charge in [-0.1, -0.05) is 49.4 Å². The molecule has 4 nitrogen and oxygen atoms in total. The molecule has 138 valence electrons. The van der Waals surface area contributed by atoms with E-state index in [0.717, 1.165) is 25.9 Å². The van der Waals surface area contributed by atoms with Crippen molar-refractivity contribution in [1.29, 1.82) is 0 Å². The molecule has 1 amide bonds. The number of nitrogens with zero attached hydrogens (tertiary/aromatic N) is 1. The monoisotopic (exact) mass is 352 g/mol. The van der Waals surface area contributed by atoms with Crippen LogP contribution in [0.4, 0.5) is 0 Å². The van der Waals surface area contributed by atoms with Gasteiger partial charge in [-0.2, -0.15) is 0 Å². The summed E-state index contributed by atoms with van der Waals surface area (Å²) < 4.78 is 5.91. The largest absolute Gasteiger partial charge is 0.492 e. The summed E-state index contributed by atoms with van der Waals surface area (Å²) in [7, 11) is 2.13. The summed E-state index contributed by atoms with van der Waals surface area (Å²) >= 11 is 0. The van der Waals surface area contributed by atoms with Crippen LogP contribution in [0.15, 0.2) is 54.6 Å². The Morgan fingerprint density at radius 3 is 2.62 bits per heavy atom. The van der Waals surface area contributed by atoms with Crippen molar-refractivity contribution < 1.29 is 9.53 Å². The second-order valence-electron chi connectivity index (χ2n) is 7.56. The van der Waals surface area contributed by atoms with Crippen molar-refractivity contribution in [3.8, 4) is 5.75 Å². The molecular formula is C22H28N2O2. The number of carbonyl (C=O) groups excluding carboxylic acids is 1. The zero-order valence-corrected chi connectivity index (χ0v) is 15.7. The molecule has 2 aromatic carbocycles. The Labute approximate surface area is 156 Å². The maximum atomic E-state index is 12.7. The first-order chi connectivity index (χ1) is 12.6. The SMILES string of the molecule is CN1CCC(C)(CNC(=O)c2ccccc2OCCc2ccccc2)C1. The minimum atomic E-state index is -0.0592. The highest BCUT2D eigenvalue weighted by atomic mass is 16.5. The number of ether oxygens (including phenoxy) is 1. The van der Waals surface area contributed by atoms with E-state index < -0.39 is 0 Å². The van der Waals surface area contributed by atoms with E-state index in [1.807, 2.05) is 42.5 Å². The molecule has 3 rings (SSSR count). The minimum absolute atomic E-state index is 0.0592. The van der Waals surface area contributed by atoms with Crippen molar-refractivity contribution >= 4 is 5.91 Å². The van der Waals surface area contributed by atoms with Gasteiger partial charge in [0.1, 0.15) is 5.75 Å². The number of rotatable bonds is 7. The van der Waals surface area contributed by atoms with Gasteiger partial charge in [0.05, 0.1) is 12.2 Å². The van der Waals surface area contributed by atoms with Gasteiger partial charge in [0, 0.05) is 19.5 Å². The first-order valence-corrected chi connectivity index (χ1v) is 9.28. The normalized spacial score (nSPS) is 20.1. The molecular weight excluding hydrogens is 324 g/mol. The summed E-state index contributed by atoms with van der Waals surface area (Å²) in [5.74, 6) is 0.589. The Bertz CT molecular complexity index is 732. The lowest BCUT2D eigenvalue weighted by atomic mass is 9.90. The average molecular weight is 352 g/mol. The molecule has 4 heteroatoms. The van der Waals surface area contributed by atoms with Gasteiger partial charge in [-0.15, -0.1) is 0 Å². The second kappa shape index (κ2) is 8.37. The van der Waals surface area contributed by atoms with Crippen molar-refractivity contribution in [2.75, 3.05) is 33.3 Å². The summed E-state index contributed by atoms with van der Waals surface area (Å²) in [6.07, 6.45) is 1.93. The number of likely N-dealkylation sites (tertiary alicyclic amines) is 1. The smallest absolute Gasteiger partial charge is 0.255 e. The van der Waals surface area contributed by atoms with Crippen LogP contribution in [0, 0.1) is 5.41 Å². The van der Waals surface area contributed by atoms with Crippen molar-refractivity contribution in [2.45, 2.75) is 19.8 Å². The molecule has 0 radical (unpaired) electrons. The predicted octanol–water partition coefficient (Wildman–Crippen LogP) is 3.38. The van der Waals surface area contributed by atoms with Crippen molar-refractivity contribution in [3.05, 3.63) is 65.7 Å². The lowest BCUT2D eigenvalue weighted by Gasteiger charge is -2.24. The van der Waals surface area contributed by atoms with Gasteiger partial charge in [-0.05, 0) is 43.1 Å². The number of benzene rings is 2. The van der Waals surface area contributed by atoms with Crippen LogP contribution in [0.1, 0.15) is 29.3 Å². The number of para-hydroxylation sites is 1. The topological polar surface area (TPSA) is 41.6 Å². The van der Waals surface area contributed by atoms with Crippen LogP contribution in [0.3, 0.4) is 0 Å². The summed E-state index contributed by atoms with van der Waals surface area (Å²) in [4.78, 5) is 15.0. The van der Waals surface area contributed by atoms with E-state index in [2.05, 4.69) is 36.3 Å². The maximum Gasteiger partial charge on any atom is 0.255 e. The van der Waals surface area contributed by atoms with Crippen molar-refractivity contribution in [3.63, 3.8) is 0 Å². The van der Waals surface area contributed by atoms with E-state index in [1.165, 1.54) is 5.56 Å². The Morgan fingerprint density at radius 1 is 1.15 bits per heavy atom. The zero-order chi connectivity index (χ0) is 18.4. The molecule has 1 unspecified atom stereocenters. The summed E-state index contributed by atoms with van der Waals surface area (Å²) in [6.45, 7) is 5.58. The van der Waals surface area contributed by atoms with Gasteiger partial charge in [0.2, 0.25) is 0 Å². The maximum absolute atomic E-state index is 12.7. The summed E-state index contributed by atoms with van der Waals surface area (Å²) in [5.41, 5.74) is 1.98. The second-order valence-corrected chi connectivity index (χ2v) is 7.56. The van der Waals surface area contributed by atoms with Gasteiger partial charge in [0.15, 0.2) is 0 Å². The molecule has 0 aromatic heterocycles. The lowest BCUT2D eigenvalue weighted by molar-refractivity contribution is 0.0931. The molecule has 0 saturated carbocycles. The number of amides is 1. The molecule has 0 bridgehead atoms. The lowest BCUT2D eigenvalue weighted by Crippen LogP contribution is -2.37. The predicted molar refractivity (Wildman–Crippen MR) is 105 cm³/mol. The Hall–Kier alpha value is -2.33. The van der Waals surface area contributed by atoms with E-state index in [0.29, 0.717) is 24.5 Å². The number of hydrogen-bond acceptors (Lipinski definition) is 3. The highest BCUT2D eigenvalue weighted by molar-refractivity contribution is 5.96. The van der Waals surface area contributed by atoms with Crippen LogP contribution in [0.25, 0.3) is 0 Å². The number of carbonyl (C=O) groups is 1. The van der Waals surface area contributed by atoms with E-state index in [1.54, 1.807) is 0 Å². The zero-order valence-electron chi connectivity index (χ0n) is 15.7. The highest BCUT2D eigenvalue weighted by Crippen LogP contribution is 2.28. The molecule has 1 aliphatic heterocycles. The van der Waals surface area contributed by atoms with Crippen LogP contribution in [-0.2, 0) is 6.42 Å². The molecule has 1 heterocycles. The molecule has 0 aliphatic carbocycles. The first-order valence-electron chi connectivity index (χ1n) is 9.28. The molecule has 26 heavy (non-hydrogen) atoms. The fraction of sp³-hybridized carbons (Fsp3) is 0.409. The van der Waals surface area contributed by atoms with E-state index in [-0.39, 0.29) is 11.3 Å².